The summed E-state index contributed by atoms with van der Waals surface area (Å²) in [6.07, 6.45) is 6.17. The highest BCUT2D eigenvalue weighted by Gasteiger charge is 2.26. The van der Waals surface area contributed by atoms with Crippen molar-refractivity contribution in [1.29, 1.82) is 0 Å². The summed E-state index contributed by atoms with van der Waals surface area (Å²) in [5.74, 6) is 0.276. The highest BCUT2D eigenvalue weighted by Crippen LogP contribution is 2.36. The summed E-state index contributed by atoms with van der Waals surface area (Å²) in [6.45, 7) is 1.59. The van der Waals surface area contributed by atoms with Gasteiger partial charge in [-0.1, -0.05) is 34.4 Å². The fourth-order valence-electron chi connectivity index (χ4n) is 2.14. The van der Waals surface area contributed by atoms with E-state index < -0.39 is 0 Å². The number of nitrogens with one attached hydrogen (secondary N) is 2. The van der Waals surface area contributed by atoms with Crippen LogP contribution in [-0.4, -0.2) is 35.4 Å². The lowest BCUT2D eigenvalue weighted by Gasteiger charge is -2.16. The van der Waals surface area contributed by atoms with Crippen LogP contribution in [0.4, 0.5) is 0 Å². The molecule has 0 saturated carbocycles. The van der Waals surface area contributed by atoms with E-state index in [0.29, 0.717) is 0 Å². The summed E-state index contributed by atoms with van der Waals surface area (Å²) in [4.78, 5) is 23.6. The van der Waals surface area contributed by atoms with E-state index in [2.05, 4.69) is 10.6 Å². The fraction of sp³-hybridized carbons (Fsp3) is 0.833. The SMILES string of the molecule is O=C1NCCCCC1SSC1CCCCNC1=O. The number of rotatable bonds is 3. The molecule has 6 heteroatoms. The van der Waals surface area contributed by atoms with Crippen molar-refractivity contribution >= 4 is 33.4 Å². The Balaban J connectivity index is 1.81. The quantitative estimate of drug-likeness (QED) is 0.776. The van der Waals surface area contributed by atoms with E-state index in [0.717, 1.165) is 51.6 Å². The molecular formula is C12H20N2O2S2. The molecule has 102 valence electrons. The number of carbonyl (C=O) groups is 2. The van der Waals surface area contributed by atoms with Crippen LogP contribution in [-0.2, 0) is 9.59 Å². The first kappa shape index (κ1) is 14.1. The summed E-state index contributed by atoms with van der Waals surface area (Å²) in [6, 6.07) is 0. The molecule has 2 fully saturated rings. The Labute approximate surface area is 116 Å². The number of amides is 2. The van der Waals surface area contributed by atoms with Gasteiger partial charge in [-0.3, -0.25) is 9.59 Å². The predicted molar refractivity (Wildman–Crippen MR) is 76.5 cm³/mol. The van der Waals surface area contributed by atoms with Crippen molar-refractivity contribution in [3.8, 4) is 0 Å². The number of carbonyl (C=O) groups excluding carboxylic acids is 2. The maximum Gasteiger partial charge on any atom is 0.234 e. The third-order valence-corrected chi connectivity index (χ3v) is 6.46. The molecule has 0 aromatic rings. The van der Waals surface area contributed by atoms with Gasteiger partial charge in [-0.15, -0.1) is 0 Å². The van der Waals surface area contributed by atoms with Crippen molar-refractivity contribution in [2.45, 2.75) is 49.0 Å². The van der Waals surface area contributed by atoms with E-state index in [-0.39, 0.29) is 22.3 Å². The Hall–Kier alpha value is -0.360. The van der Waals surface area contributed by atoms with E-state index >= 15 is 0 Å². The predicted octanol–water partition coefficient (Wildman–Crippen LogP) is 1.71. The molecule has 0 aromatic carbocycles. The van der Waals surface area contributed by atoms with Crippen LogP contribution in [0, 0.1) is 0 Å². The average molecular weight is 288 g/mol. The van der Waals surface area contributed by atoms with Gasteiger partial charge >= 0.3 is 0 Å². The lowest BCUT2D eigenvalue weighted by atomic mass is 10.2. The molecule has 0 spiro atoms. The van der Waals surface area contributed by atoms with Gasteiger partial charge in [-0.2, -0.15) is 0 Å². The van der Waals surface area contributed by atoms with E-state index in [1.165, 1.54) is 0 Å². The van der Waals surface area contributed by atoms with Gasteiger partial charge in [-0.25, -0.2) is 0 Å². The molecule has 2 N–H and O–H groups in total. The van der Waals surface area contributed by atoms with Crippen LogP contribution in [0.2, 0.25) is 0 Å². The Morgan fingerprint density at radius 3 is 1.67 bits per heavy atom. The van der Waals surface area contributed by atoms with Crippen molar-refractivity contribution in [2.75, 3.05) is 13.1 Å². The second-order valence-electron chi connectivity index (χ2n) is 4.74. The van der Waals surface area contributed by atoms with Crippen LogP contribution < -0.4 is 10.6 Å². The van der Waals surface area contributed by atoms with Gasteiger partial charge in [0.1, 0.15) is 0 Å². The molecule has 0 radical (unpaired) electrons. The van der Waals surface area contributed by atoms with E-state index in [9.17, 15) is 9.59 Å². The molecular weight excluding hydrogens is 268 g/mol. The molecule has 2 atom stereocenters. The minimum atomic E-state index is 0.00792. The molecule has 4 nitrogen and oxygen atoms in total. The fourth-order valence-corrected chi connectivity index (χ4v) is 5.18. The molecule has 2 heterocycles. The summed E-state index contributed by atoms with van der Waals surface area (Å²) in [7, 11) is 3.16. The summed E-state index contributed by atoms with van der Waals surface area (Å²) >= 11 is 0. The van der Waals surface area contributed by atoms with Gasteiger partial charge in [0.2, 0.25) is 11.8 Å². The Bertz CT molecular complexity index is 282. The third kappa shape index (κ3) is 4.09. The average Bonchev–Trinajstić information content (AvgIpc) is 2.68. The first-order chi connectivity index (χ1) is 8.77. The molecule has 2 aliphatic heterocycles. The summed E-state index contributed by atoms with van der Waals surface area (Å²) in [5, 5.41) is 5.88. The minimum Gasteiger partial charge on any atom is -0.355 e. The molecule has 0 aromatic heterocycles. The van der Waals surface area contributed by atoms with Gasteiger partial charge in [0.15, 0.2) is 0 Å². The number of hydrogen-bond donors (Lipinski definition) is 2. The Morgan fingerprint density at radius 1 is 0.778 bits per heavy atom. The largest absolute Gasteiger partial charge is 0.355 e. The topological polar surface area (TPSA) is 58.2 Å². The van der Waals surface area contributed by atoms with E-state index in [1.54, 1.807) is 21.6 Å². The zero-order chi connectivity index (χ0) is 12.8. The van der Waals surface area contributed by atoms with E-state index in [1.807, 2.05) is 0 Å². The second kappa shape index (κ2) is 7.28. The molecule has 0 aliphatic carbocycles. The van der Waals surface area contributed by atoms with Crippen LogP contribution in [0.5, 0.6) is 0 Å². The molecule has 0 bridgehead atoms. The monoisotopic (exact) mass is 288 g/mol. The highest BCUT2D eigenvalue weighted by molar-refractivity contribution is 8.77. The minimum absolute atomic E-state index is 0.00792. The molecule has 2 amide bonds. The standard InChI is InChI=1S/C12H20N2O2S2/c15-11-9(5-1-3-7-13-11)17-18-10-6-2-4-8-14-12(10)16/h9-10H,1-8H2,(H,13,15)(H,14,16). The molecule has 2 rings (SSSR count). The summed E-state index contributed by atoms with van der Waals surface area (Å²) < 4.78 is 0. The maximum atomic E-state index is 11.8. The Kier molecular flexibility index (Phi) is 5.69. The van der Waals surface area contributed by atoms with Gasteiger partial charge in [0.05, 0.1) is 10.5 Å². The van der Waals surface area contributed by atoms with Crippen LogP contribution in [0.25, 0.3) is 0 Å². The van der Waals surface area contributed by atoms with Crippen molar-refractivity contribution < 1.29 is 9.59 Å². The summed E-state index contributed by atoms with van der Waals surface area (Å²) in [5.41, 5.74) is 0. The third-order valence-electron chi connectivity index (χ3n) is 3.26. The molecule has 2 saturated heterocycles. The van der Waals surface area contributed by atoms with Crippen molar-refractivity contribution in [3.05, 3.63) is 0 Å². The zero-order valence-corrected chi connectivity index (χ0v) is 12.1. The van der Waals surface area contributed by atoms with Crippen LogP contribution >= 0.6 is 21.6 Å². The molecule has 2 aliphatic rings. The van der Waals surface area contributed by atoms with E-state index in [4.69, 9.17) is 0 Å². The smallest absolute Gasteiger partial charge is 0.234 e. The lowest BCUT2D eigenvalue weighted by Crippen LogP contribution is -2.32. The van der Waals surface area contributed by atoms with Crippen molar-refractivity contribution in [2.24, 2.45) is 0 Å². The van der Waals surface area contributed by atoms with Crippen LogP contribution in [0.3, 0.4) is 0 Å². The van der Waals surface area contributed by atoms with Crippen LogP contribution in [0.15, 0.2) is 0 Å². The number of hydrogen-bond acceptors (Lipinski definition) is 4. The van der Waals surface area contributed by atoms with Gasteiger partial charge in [-0.05, 0) is 25.7 Å². The van der Waals surface area contributed by atoms with Crippen LogP contribution in [0.1, 0.15) is 38.5 Å². The molecule has 2 unspecified atom stereocenters. The first-order valence-corrected chi connectivity index (χ1v) is 8.92. The van der Waals surface area contributed by atoms with Crippen molar-refractivity contribution in [1.82, 2.24) is 10.6 Å². The zero-order valence-electron chi connectivity index (χ0n) is 10.4. The second-order valence-corrected chi connectivity index (χ2v) is 7.42. The molecule has 18 heavy (non-hydrogen) atoms. The maximum absolute atomic E-state index is 11.8. The first-order valence-electron chi connectivity index (χ1n) is 6.65. The van der Waals surface area contributed by atoms with Gasteiger partial charge < -0.3 is 10.6 Å². The van der Waals surface area contributed by atoms with Gasteiger partial charge in [0.25, 0.3) is 0 Å². The Morgan fingerprint density at radius 2 is 1.22 bits per heavy atom. The van der Waals surface area contributed by atoms with Crippen molar-refractivity contribution in [3.63, 3.8) is 0 Å². The van der Waals surface area contributed by atoms with Gasteiger partial charge in [0, 0.05) is 13.1 Å². The lowest BCUT2D eigenvalue weighted by molar-refractivity contribution is -0.121. The highest BCUT2D eigenvalue weighted by atomic mass is 33.1. The normalized spacial score (nSPS) is 30.0.